The topological polar surface area (TPSA) is 47.6 Å². The molecule has 0 saturated carbocycles. The molecule has 0 aliphatic rings. The zero-order chi connectivity index (χ0) is 15.3. The van der Waals surface area contributed by atoms with Crippen molar-refractivity contribution in [1.82, 2.24) is 5.32 Å². The third-order valence-corrected chi connectivity index (χ3v) is 2.99. The summed E-state index contributed by atoms with van der Waals surface area (Å²) in [4.78, 5) is 11.0. The van der Waals surface area contributed by atoms with Crippen LogP contribution in [-0.4, -0.2) is 38.9 Å². The Balaban J connectivity index is 0. The van der Waals surface area contributed by atoms with Crippen molar-refractivity contribution in [2.45, 2.75) is 59.8 Å². The van der Waals surface area contributed by atoms with Gasteiger partial charge in [-0.1, -0.05) is 40.5 Å². The molecule has 0 atom stereocenters. The number of unbranched alkanes of at least 4 members (excludes halogenated alkanes) is 2. The summed E-state index contributed by atoms with van der Waals surface area (Å²) in [7, 11) is 0. The summed E-state index contributed by atoms with van der Waals surface area (Å²) in [6.07, 6.45) is 5.01. The van der Waals surface area contributed by atoms with Crippen molar-refractivity contribution in [2.24, 2.45) is 5.41 Å². The SMILES string of the molecule is CCCCCOCC(C)(C)COCCCNC(=O)CC.[HH]. The standard InChI is InChI=1S/C16H33NO3.H2/c1-5-7-8-11-19-13-16(3,4)14-20-12-9-10-17-15(18)6-2;/h5-14H2,1-4H3,(H,17,18);1H. The van der Waals surface area contributed by atoms with Crippen molar-refractivity contribution >= 4 is 5.91 Å². The maximum atomic E-state index is 11.0. The van der Waals surface area contributed by atoms with E-state index in [9.17, 15) is 4.79 Å². The number of hydrogen-bond donors (Lipinski definition) is 1. The second-order valence-electron chi connectivity index (χ2n) is 6.03. The van der Waals surface area contributed by atoms with Gasteiger partial charge in [-0.15, -0.1) is 0 Å². The van der Waals surface area contributed by atoms with Gasteiger partial charge in [0.2, 0.25) is 5.91 Å². The van der Waals surface area contributed by atoms with Crippen LogP contribution in [0.15, 0.2) is 0 Å². The molecule has 0 aromatic heterocycles. The third-order valence-electron chi connectivity index (χ3n) is 2.99. The van der Waals surface area contributed by atoms with Gasteiger partial charge in [0.05, 0.1) is 13.2 Å². The van der Waals surface area contributed by atoms with Crippen LogP contribution in [0.2, 0.25) is 0 Å². The Bertz CT molecular complexity index is 248. The third kappa shape index (κ3) is 12.4. The van der Waals surface area contributed by atoms with Crippen LogP contribution in [-0.2, 0) is 14.3 Å². The fourth-order valence-electron chi connectivity index (χ4n) is 1.72. The zero-order valence-corrected chi connectivity index (χ0v) is 13.8. The van der Waals surface area contributed by atoms with E-state index in [1.807, 2.05) is 6.92 Å². The van der Waals surface area contributed by atoms with E-state index < -0.39 is 0 Å². The molecule has 1 amide bonds. The predicted molar refractivity (Wildman–Crippen MR) is 85.0 cm³/mol. The van der Waals surface area contributed by atoms with E-state index in [-0.39, 0.29) is 12.7 Å². The highest BCUT2D eigenvalue weighted by molar-refractivity contribution is 5.75. The quantitative estimate of drug-likeness (QED) is 0.529. The van der Waals surface area contributed by atoms with Crippen molar-refractivity contribution in [1.29, 1.82) is 0 Å². The predicted octanol–water partition coefficient (Wildman–Crippen LogP) is 3.40. The Labute approximate surface area is 126 Å². The highest BCUT2D eigenvalue weighted by atomic mass is 16.5. The number of rotatable bonds is 13. The maximum absolute atomic E-state index is 11.0. The minimum atomic E-state index is 0. The molecule has 0 bridgehead atoms. The second kappa shape index (κ2) is 12.2. The summed E-state index contributed by atoms with van der Waals surface area (Å²) in [5.41, 5.74) is 0.0544. The molecule has 1 N–H and O–H groups in total. The summed E-state index contributed by atoms with van der Waals surface area (Å²) in [6.45, 7) is 12.0. The molecule has 122 valence electrons. The van der Waals surface area contributed by atoms with Gasteiger partial charge in [-0.3, -0.25) is 4.79 Å². The van der Waals surface area contributed by atoms with E-state index in [1.54, 1.807) is 0 Å². The van der Waals surface area contributed by atoms with E-state index in [0.29, 0.717) is 26.2 Å². The molecular weight excluding hydrogens is 254 g/mol. The molecular formula is C16H35NO3. The second-order valence-corrected chi connectivity index (χ2v) is 6.03. The Hall–Kier alpha value is -0.610. The number of ether oxygens (including phenoxy) is 2. The molecule has 0 rings (SSSR count). The molecule has 0 aliphatic heterocycles. The number of hydrogen-bond acceptors (Lipinski definition) is 3. The Morgan fingerprint density at radius 1 is 1.05 bits per heavy atom. The van der Waals surface area contributed by atoms with E-state index in [2.05, 4.69) is 26.1 Å². The van der Waals surface area contributed by atoms with Gasteiger partial charge in [0, 0.05) is 33.0 Å². The first-order valence-electron chi connectivity index (χ1n) is 7.94. The van der Waals surface area contributed by atoms with Gasteiger partial charge in [0.15, 0.2) is 0 Å². The number of nitrogens with one attached hydrogen (secondary N) is 1. The summed E-state index contributed by atoms with van der Waals surface area (Å²) >= 11 is 0. The van der Waals surface area contributed by atoms with Crippen LogP contribution >= 0.6 is 0 Å². The lowest BCUT2D eigenvalue weighted by molar-refractivity contribution is -0.120. The lowest BCUT2D eigenvalue weighted by atomic mass is 9.96. The minimum Gasteiger partial charge on any atom is -0.381 e. The molecule has 0 aromatic rings. The molecule has 0 aliphatic carbocycles. The lowest BCUT2D eigenvalue weighted by Gasteiger charge is -2.24. The maximum Gasteiger partial charge on any atom is 0.219 e. The highest BCUT2D eigenvalue weighted by Crippen LogP contribution is 2.16. The van der Waals surface area contributed by atoms with Crippen LogP contribution in [0, 0.1) is 5.41 Å². The molecule has 0 unspecified atom stereocenters. The van der Waals surface area contributed by atoms with Crippen molar-refractivity contribution < 1.29 is 15.7 Å². The van der Waals surface area contributed by atoms with Crippen molar-refractivity contribution in [2.75, 3.05) is 33.0 Å². The van der Waals surface area contributed by atoms with Gasteiger partial charge < -0.3 is 14.8 Å². The Morgan fingerprint density at radius 3 is 2.20 bits per heavy atom. The van der Waals surface area contributed by atoms with Gasteiger partial charge in [-0.2, -0.15) is 0 Å². The number of carbonyl (C=O) groups excluding carboxylic acids is 1. The van der Waals surface area contributed by atoms with E-state index in [0.717, 1.165) is 26.1 Å². The average molecular weight is 289 g/mol. The van der Waals surface area contributed by atoms with Crippen LogP contribution in [0.4, 0.5) is 0 Å². The van der Waals surface area contributed by atoms with Gasteiger partial charge in [0.25, 0.3) is 0 Å². The van der Waals surface area contributed by atoms with Crippen LogP contribution in [0.3, 0.4) is 0 Å². The van der Waals surface area contributed by atoms with Crippen LogP contribution in [0.1, 0.15) is 61.2 Å². The zero-order valence-electron chi connectivity index (χ0n) is 13.8. The first-order valence-corrected chi connectivity index (χ1v) is 7.94. The van der Waals surface area contributed by atoms with Crippen LogP contribution in [0.5, 0.6) is 0 Å². The van der Waals surface area contributed by atoms with Gasteiger partial charge >= 0.3 is 0 Å². The molecule has 0 fully saturated rings. The summed E-state index contributed by atoms with van der Waals surface area (Å²) in [5.74, 6) is 0.103. The van der Waals surface area contributed by atoms with Crippen molar-refractivity contribution in [3.05, 3.63) is 0 Å². The Kier molecular flexibility index (Phi) is 11.8. The lowest BCUT2D eigenvalue weighted by Crippen LogP contribution is -2.27. The first kappa shape index (κ1) is 19.4. The van der Waals surface area contributed by atoms with Crippen LogP contribution in [0.25, 0.3) is 0 Å². The number of carbonyl (C=O) groups is 1. The highest BCUT2D eigenvalue weighted by Gasteiger charge is 2.18. The van der Waals surface area contributed by atoms with Crippen molar-refractivity contribution in [3.8, 4) is 0 Å². The van der Waals surface area contributed by atoms with E-state index in [4.69, 9.17) is 9.47 Å². The molecule has 20 heavy (non-hydrogen) atoms. The summed E-state index contributed by atoms with van der Waals surface area (Å²) in [5, 5.41) is 2.84. The molecule has 4 nitrogen and oxygen atoms in total. The minimum absolute atomic E-state index is 0. The van der Waals surface area contributed by atoms with Gasteiger partial charge in [-0.05, 0) is 12.8 Å². The summed E-state index contributed by atoms with van der Waals surface area (Å²) < 4.78 is 11.3. The average Bonchev–Trinajstić information content (AvgIpc) is 2.42. The molecule has 4 heteroatoms. The monoisotopic (exact) mass is 289 g/mol. The molecule has 0 heterocycles. The van der Waals surface area contributed by atoms with E-state index >= 15 is 0 Å². The molecule has 0 radical (unpaired) electrons. The van der Waals surface area contributed by atoms with Gasteiger partial charge in [0.1, 0.15) is 0 Å². The summed E-state index contributed by atoms with van der Waals surface area (Å²) in [6, 6.07) is 0. The van der Waals surface area contributed by atoms with E-state index in [1.165, 1.54) is 12.8 Å². The first-order chi connectivity index (χ1) is 9.52. The molecule has 0 spiro atoms. The smallest absolute Gasteiger partial charge is 0.219 e. The van der Waals surface area contributed by atoms with Gasteiger partial charge in [-0.25, -0.2) is 0 Å². The van der Waals surface area contributed by atoms with Crippen LogP contribution < -0.4 is 5.32 Å². The normalized spacial score (nSPS) is 11.6. The molecule has 0 saturated heterocycles. The largest absolute Gasteiger partial charge is 0.381 e. The number of amides is 1. The van der Waals surface area contributed by atoms with Crippen molar-refractivity contribution in [3.63, 3.8) is 0 Å². The molecule has 0 aromatic carbocycles. The fraction of sp³-hybridized carbons (Fsp3) is 0.938. The Morgan fingerprint density at radius 2 is 1.65 bits per heavy atom. The fourth-order valence-corrected chi connectivity index (χ4v) is 1.72.